The Morgan fingerprint density at radius 2 is 2.14 bits per heavy atom. The maximum Gasteiger partial charge on any atom is 0.257 e. The number of hydrogen-bond donors (Lipinski definition) is 2. The number of halogens is 1. The number of methoxy groups -OCH3 is 1. The molecular formula is C18H13ClN6O2S2. The maximum atomic E-state index is 12.4. The number of nitrogens with one attached hydrogen (secondary N) is 2. The third-order valence-corrected chi connectivity index (χ3v) is 5.36. The van der Waals surface area contributed by atoms with Gasteiger partial charge >= 0.3 is 0 Å². The molecule has 0 fully saturated rings. The Labute approximate surface area is 179 Å². The molecule has 0 aliphatic rings. The number of carbonyl (C=O) groups excluding carboxylic acids is 1. The number of hydrogen-bond acceptors (Lipinski definition) is 7. The number of anilines is 1. The average Bonchev–Trinajstić information content (AvgIpc) is 3.30. The number of ether oxygens (including phenoxy) is 1. The van der Waals surface area contributed by atoms with Crippen molar-refractivity contribution < 1.29 is 9.53 Å². The molecule has 4 aromatic rings. The molecule has 11 heteroatoms. The van der Waals surface area contributed by atoms with Gasteiger partial charge in [0.15, 0.2) is 5.11 Å². The van der Waals surface area contributed by atoms with E-state index >= 15 is 0 Å². The quantitative estimate of drug-likeness (QED) is 0.464. The summed E-state index contributed by atoms with van der Waals surface area (Å²) in [5, 5.41) is 19.1. The molecule has 0 bridgehead atoms. The number of rotatable bonds is 4. The zero-order valence-corrected chi connectivity index (χ0v) is 17.3. The molecule has 2 N–H and O–H groups in total. The zero-order valence-electron chi connectivity index (χ0n) is 14.9. The minimum atomic E-state index is -0.378. The highest BCUT2D eigenvalue weighted by Gasteiger charge is 2.12. The van der Waals surface area contributed by atoms with Crippen LogP contribution in [0.2, 0.25) is 5.02 Å². The Morgan fingerprint density at radius 1 is 1.28 bits per heavy atom. The van der Waals surface area contributed by atoms with Crippen molar-refractivity contribution in [1.82, 2.24) is 25.1 Å². The van der Waals surface area contributed by atoms with Crippen LogP contribution in [0.3, 0.4) is 0 Å². The molecule has 8 nitrogen and oxygen atoms in total. The molecule has 146 valence electrons. The minimum absolute atomic E-state index is 0.164. The van der Waals surface area contributed by atoms with Crippen molar-refractivity contribution >= 4 is 56.8 Å². The van der Waals surface area contributed by atoms with Gasteiger partial charge in [-0.25, -0.2) is 0 Å². The topological polar surface area (TPSA) is 93.4 Å². The Hall–Kier alpha value is -3.08. The SMILES string of the molecule is COc1ccc(C(=O)NC(=S)Nc2cccc(-c3nn4cnnc4s3)c2)cc1Cl. The Bertz CT molecular complexity index is 1190. The van der Waals surface area contributed by atoms with Crippen LogP contribution in [-0.4, -0.2) is 37.9 Å². The fourth-order valence-electron chi connectivity index (χ4n) is 2.55. The van der Waals surface area contributed by atoms with Crippen LogP contribution >= 0.6 is 35.2 Å². The fraction of sp³-hybridized carbons (Fsp3) is 0.0556. The fourth-order valence-corrected chi connectivity index (χ4v) is 3.84. The van der Waals surface area contributed by atoms with Crippen molar-refractivity contribution in [3.05, 3.63) is 59.4 Å². The number of carbonyl (C=O) groups is 1. The van der Waals surface area contributed by atoms with Crippen LogP contribution in [0.25, 0.3) is 15.5 Å². The van der Waals surface area contributed by atoms with Crippen LogP contribution in [0, 0.1) is 0 Å². The third kappa shape index (κ3) is 4.19. The summed E-state index contributed by atoms with van der Waals surface area (Å²) in [7, 11) is 1.51. The highest BCUT2D eigenvalue weighted by molar-refractivity contribution is 7.80. The Morgan fingerprint density at radius 3 is 2.90 bits per heavy atom. The molecule has 1 amide bonds. The summed E-state index contributed by atoms with van der Waals surface area (Å²) in [6, 6.07) is 12.3. The number of aromatic nitrogens is 4. The van der Waals surface area contributed by atoms with E-state index in [0.717, 1.165) is 10.6 Å². The molecule has 2 aromatic carbocycles. The summed E-state index contributed by atoms with van der Waals surface area (Å²) in [5.74, 6) is 0.114. The predicted octanol–water partition coefficient (Wildman–Crippen LogP) is 3.64. The summed E-state index contributed by atoms with van der Waals surface area (Å²) in [4.78, 5) is 13.1. The van der Waals surface area contributed by atoms with Crippen molar-refractivity contribution in [3.8, 4) is 16.3 Å². The van der Waals surface area contributed by atoms with Crippen molar-refractivity contribution in [1.29, 1.82) is 0 Å². The lowest BCUT2D eigenvalue weighted by atomic mass is 10.2. The summed E-state index contributed by atoms with van der Waals surface area (Å²) < 4.78 is 6.70. The lowest BCUT2D eigenvalue weighted by molar-refractivity contribution is 0.0977. The van der Waals surface area contributed by atoms with E-state index in [1.54, 1.807) is 23.0 Å². The van der Waals surface area contributed by atoms with E-state index in [4.69, 9.17) is 28.6 Å². The molecule has 0 aliphatic carbocycles. The molecule has 29 heavy (non-hydrogen) atoms. The molecule has 0 radical (unpaired) electrons. The number of fused-ring (bicyclic) bond motifs is 1. The lowest BCUT2D eigenvalue weighted by Crippen LogP contribution is -2.34. The van der Waals surface area contributed by atoms with E-state index in [9.17, 15) is 4.79 Å². The predicted molar refractivity (Wildman–Crippen MR) is 116 cm³/mol. The highest BCUT2D eigenvalue weighted by atomic mass is 35.5. The second kappa shape index (κ2) is 8.11. The first-order chi connectivity index (χ1) is 14.0. The molecular weight excluding hydrogens is 432 g/mol. The number of thiocarbonyl (C=S) groups is 1. The normalized spacial score (nSPS) is 10.7. The van der Waals surface area contributed by atoms with Gasteiger partial charge in [0.25, 0.3) is 5.91 Å². The van der Waals surface area contributed by atoms with Gasteiger partial charge < -0.3 is 10.1 Å². The Kier molecular flexibility index (Phi) is 5.38. The van der Waals surface area contributed by atoms with Gasteiger partial charge in [-0.15, -0.1) is 10.2 Å². The monoisotopic (exact) mass is 444 g/mol. The van der Waals surface area contributed by atoms with Gasteiger partial charge in [0, 0.05) is 16.8 Å². The standard InChI is InChI=1S/C18H13ClN6O2S2/c1-27-14-6-5-10(8-13(14)19)15(26)22-17(28)21-12-4-2-3-11(7-12)16-24-25-9-20-23-18(25)29-16/h2-9H,1H3,(H2,21,22,26,28). The molecule has 0 spiro atoms. The molecule has 0 saturated heterocycles. The first-order valence-electron chi connectivity index (χ1n) is 8.26. The first-order valence-corrected chi connectivity index (χ1v) is 9.87. The van der Waals surface area contributed by atoms with Crippen LogP contribution in [0.1, 0.15) is 10.4 Å². The van der Waals surface area contributed by atoms with Crippen LogP contribution in [0.15, 0.2) is 48.8 Å². The van der Waals surface area contributed by atoms with Crippen molar-refractivity contribution in [2.24, 2.45) is 0 Å². The van der Waals surface area contributed by atoms with Gasteiger partial charge in [-0.05, 0) is 42.5 Å². The summed E-state index contributed by atoms with van der Waals surface area (Å²) in [5.41, 5.74) is 1.97. The molecule has 0 unspecified atom stereocenters. The van der Waals surface area contributed by atoms with Gasteiger partial charge in [-0.3, -0.25) is 10.1 Å². The van der Waals surface area contributed by atoms with Crippen LogP contribution < -0.4 is 15.4 Å². The largest absolute Gasteiger partial charge is 0.495 e. The zero-order chi connectivity index (χ0) is 20.4. The molecule has 0 saturated carbocycles. The number of nitrogens with zero attached hydrogens (tertiary/aromatic N) is 4. The van der Waals surface area contributed by atoms with Crippen LogP contribution in [0.4, 0.5) is 5.69 Å². The minimum Gasteiger partial charge on any atom is -0.495 e. The average molecular weight is 445 g/mol. The van der Waals surface area contributed by atoms with E-state index in [1.165, 1.54) is 24.5 Å². The summed E-state index contributed by atoms with van der Waals surface area (Å²) >= 11 is 12.7. The van der Waals surface area contributed by atoms with Crippen LogP contribution in [-0.2, 0) is 0 Å². The Balaban J connectivity index is 1.45. The molecule has 2 aromatic heterocycles. The van der Waals surface area contributed by atoms with Crippen molar-refractivity contribution in [3.63, 3.8) is 0 Å². The van der Waals surface area contributed by atoms with E-state index < -0.39 is 0 Å². The lowest BCUT2D eigenvalue weighted by Gasteiger charge is -2.11. The van der Waals surface area contributed by atoms with Gasteiger partial charge in [-0.1, -0.05) is 35.1 Å². The highest BCUT2D eigenvalue weighted by Crippen LogP contribution is 2.27. The molecule has 2 heterocycles. The summed E-state index contributed by atoms with van der Waals surface area (Å²) in [6.07, 6.45) is 1.55. The molecule has 0 aliphatic heterocycles. The third-order valence-electron chi connectivity index (χ3n) is 3.90. The number of amides is 1. The molecule has 4 rings (SSSR count). The second-order valence-electron chi connectivity index (χ2n) is 5.80. The van der Waals surface area contributed by atoms with Gasteiger partial charge in [0.2, 0.25) is 4.96 Å². The van der Waals surface area contributed by atoms with Crippen molar-refractivity contribution in [2.45, 2.75) is 0 Å². The van der Waals surface area contributed by atoms with Gasteiger partial charge in [-0.2, -0.15) is 9.61 Å². The number of benzene rings is 2. The van der Waals surface area contributed by atoms with E-state index in [-0.39, 0.29) is 11.0 Å². The van der Waals surface area contributed by atoms with E-state index in [2.05, 4.69) is 25.9 Å². The van der Waals surface area contributed by atoms with Gasteiger partial charge in [0.05, 0.1) is 12.1 Å². The first kappa shape index (κ1) is 19.2. The van der Waals surface area contributed by atoms with Crippen LogP contribution in [0.5, 0.6) is 5.75 Å². The maximum absolute atomic E-state index is 12.4. The van der Waals surface area contributed by atoms with Crippen molar-refractivity contribution in [2.75, 3.05) is 12.4 Å². The van der Waals surface area contributed by atoms with Gasteiger partial charge in [0.1, 0.15) is 17.1 Å². The second-order valence-corrected chi connectivity index (χ2v) is 7.58. The summed E-state index contributed by atoms with van der Waals surface area (Å²) in [6.45, 7) is 0. The smallest absolute Gasteiger partial charge is 0.257 e. The van der Waals surface area contributed by atoms with E-state index in [0.29, 0.717) is 27.0 Å². The van der Waals surface area contributed by atoms with E-state index in [1.807, 2.05) is 24.3 Å². The molecule has 0 atom stereocenters.